The second-order valence-corrected chi connectivity index (χ2v) is 10.0. The molecule has 2 unspecified atom stereocenters. The molecule has 0 aliphatic rings. The molecule has 0 amide bonds. The van der Waals surface area contributed by atoms with Gasteiger partial charge in [0.2, 0.25) is 5.95 Å². The summed E-state index contributed by atoms with van der Waals surface area (Å²) in [4.78, 5) is 8.88. The Morgan fingerprint density at radius 3 is 2.25 bits per heavy atom. The van der Waals surface area contributed by atoms with Gasteiger partial charge in [-0.1, -0.05) is 34.1 Å². The largest absolute Gasteiger partial charge is 0.494 e. The van der Waals surface area contributed by atoms with Gasteiger partial charge in [-0.15, -0.1) is 10.2 Å². The monoisotopic (exact) mass is 570 g/mol. The topological polar surface area (TPSA) is 96.2 Å². The first-order valence-electron chi connectivity index (χ1n) is 11.1. The van der Waals surface area contributed by atoms with Crippen LogP contribution in [0.4, 0.5) is 5.95 Å². The van der Waals surface area contributed by atoms with Crippen molar-refractivity contribution in [1.29, 1.82) is 0 Å². The maximum Gasteiger partial charge on any atom is 0.239 e. The van der Waals surface area contributed by atoms with Crippen LogP contribution in [0.15, 0.2) is 59.3 Å². The average molecular weight is 572 g/mol. The van der Waals surface area contributed by atoms with Gasteiger partial charge in [0.15, 0.2) is 11.6 Å². The van der Waals surface area contributed by atoms with Gasteiger partial charge in [-0.3, -0.25) is 9.29 Å². The van der Waals surface area contributed by atoms with Crippen LogP contribution in [0.2, 0.25) is 0 Å². The molecule has 2 aromatic carbocycles. The Bertz CT molecular complexity index is 1300. The van der Waals surface area contributed by atoms with Crippen LogP contribution in [0.5, 0.6) is 11.5 Å². The fourth-order valence-electron chi connectivity index (χ4n) is 3.69. The normalized spacial score (nSPS) is 12.7. The number of nitrogens with zero attached hydrogens (tertiary/aromatic N) is 5. The number of rotatable bonds is 10. The number of halogens is 1. The molecule has 2 aromatic heterocycles. The number of nitrogens with one attached hydrogen (secondary N) is 1. The molecular formula is C25H27BrN6O3S. The Hall–Kier alpha value is -3.15. The van der Waals surface area contributed by atoms with Crippen LogP contribution in [-0.4, -0.2) is 51.3 Å². The molecule has 188 valence electrons. The van der Waals surface area contributed by atoms with Crippen molar-refractivity contribution in [3.05, 3.63) is 70.7 Å². The maximum absolute atomic E-state index is 5.73. The molecule has 1 N–H and O–H groups in total. The standard InChI is InChI=1S/C25H27BrN6O3S/c1-15-13-27-23(28-14-15)22(35-5)16(2)36-31-25-30-29-24(17-8-6-9-18(26)12-17)32(25)21-19(33-3)10-7-11-20(21)34-4/h6-14,16,22H,1-5H3,(H,30,31). The molecule has 11 heteroatoms. The van der Waals surface area contributed by atoms with Crippen LogP contribution in [-0.2, 0) is 4.74 Å². The van der Waals surface area contributed by atoms with Crippen molar-refractivity contribution in [3.63, 3.8) is 0 Å². The zero-order valence-electron chi connectivity index (χ0n) is 20.6. The van der Waals surface area contributed by atoms with Crippen LogP contribution in [0.3, 0.4) is 0 Å². The highest BCUT2D eigenvalue weighted by Crippen LogP contribution is 2.39. The first kappa shape index (κ1) is 25.9. The lowest BCUT2D eigenvalue weighted by molar-refractivity contribution is 0.0972. The summed E-state index contributed by atoms with van der Waals surface area (Å²) in [7, 11) is 4.89. The predicted molar refractivity (Wildman–Crippen MR) is 145 cm³/mol. The molecule has 0 aliphatic carbocycles. The van der Waals surface area contributed by atoms with E-state index in [1.165, 1.54) is 11.9 Å². The number of anilines is 1. The number of hydrogen-bond acceptors (Lipinski definition) is 9. The molecule has 0 saturated carbocycles. The lowest BCUT2D eigenvalue weighted by Crippen LogP contribution is -2.19. The van der Waals surface area contributed by atoms with Crippen molar-refractivity contribution in [2.45, 2.75) is 25.2 Å². The second-order valence-electron chi connectivity index (χ2n) is 7.90. The van der Waals surface area contributed by atoms with Gasteiger partial charge in [0, 0.05) is 29.5 Å². The van der Waals surface area contributed by atoms with Gasteiger partial charge in [-0.05, 0) is 55.6 Å². The van der Waals surface area contributed by atoms with Gasteiger partial charge in [-0.2, -0.15) is 0 Å². The van der Waals surface area contributed by atoms with Gasteiger partial charge in [-0.25, -0.2) is 9.97 Å². The van der Waals surface area contributed by atoms with Gasteiger partial charge in [0.25, 0.3) is 0 Å². The molecule has 4 rings (SSSR count). The summed E-state index contributed by atoms with van der Waals surface area (Å²) < 4.78 is 23.3. The Morgan fingerprint density at radius 2 is 1.64 bits per heavy atom. The number of benzene rings is 2. The SMILES string of the molecule is COc1cccc(OC)c1-n1c(NSC(C)C(OC)c2ncc(C)cn2)nnc1-c1cccc(Br)c1. The zero-order valence-corrected chi connectivity index (χ0v) is 23.0. The Balaban J connectivity index is 1.73. The highest BCUT2D eigenvalue weighted by Gasteiger charge is 2.26. The fourth-order valence-corrected chi connectivity index (χ4v) is 4.87. The van der Waals surface area contributed by atoms with Crippen molar-refractivity contribution in [2.75, 3.05) is 26.1 Å². The first-order valence-corrected chi connectivity index (χ1v) is 12.8. The molecule has 0 fully saturated rings. The van der Waals surface area contributed by atoms with E-state index in [4.69, 9.17) is 14.2 Å². The molecule has 0 spiro atoms. The lowest BCUT2D eigenvalue weighted by Gasteiger charge is -2.22. The number of aromatic nitrogens is 5. The summed E-state index contributed by atoms with van der Waals surface area (Å²) >= 11 is 4.99. The van der Waals surface area contributed by atoms with E-state index >= 15 is 0 Å². The summed E-state index contributed by atoms with van der Waals surface area (Å²) in [6, 6.07) is 13.5. The van der Waals surface area contributed by atoms with Crippen LogP contribution in [0, 0.1) is 6.92 Å². The molecule has 0 bridgehead atoms. The molecule has 0 aliphatic heterocycles. The van der Waals surface area contributed by atoms with E-state index in [0.29, 0.717) is 34.8 Å². The summed E-state index contributed by atoms with van der Waals surface area (Å²) in [5, 5.41) is 8.93. The molecule has 4 aromatic rings. The van der Waals surface area contributed by atoms with E-state index in [9.17, 15) is 0 Å². The minimum atomic E-state index is -0.329. The second kappa shape index (κ2) is 11.7. The molecular weight excluding hydrogens is 544 g/mol. The predicted octanol–water partition coefficient (Wildman–Crippen LogP) is 5.65. The third-order valence-corrected chi connectivity index (χ3v) is 6.86. The molecule has 36 heavy (non-hydrogen) atoms. The summed E-state index contributed by atoms with van der Waals surface area (Å²) in [6.45, 7) is 3.99. The number of para-hydroxylation sites is 1. The minimum Gasteiger partial charge on any atom is -0.494 e. The first-order chi connectivity index (χ1) is 17.5. The molecule has 2 heterocycles. The van der Waals surface area contributed by atoms with Crippen molar-refractivity contribution < 1.29 is 14.2 Å². The average Bonchev–Trinajstić information content (AvgIpc) is 3.31. The van der Waals surface area contributed by atoms with Gasteiger partial charge >= 0.3 is 0 Å². The van der Waals surface area contributed by atoms with E-state index in [-0.39, 0.29) is 11.4 Å². The number of methoxy groups -OCH3 is 3. The van der Waals surface area contributed by atoms with E-state index in [2.05, 4.69) is 40.8 Å². The Morgan fingerprint density at radius 1 is 0.972 bits per heavy atom. The van der Waals surface area contributed by atoms with Crippen LogP contribution in [0.1, 0.15) is 24.4 Å². The van der Waals surface area contributed by atoms with Gasteiger partial charge < -0.3 is 14.2 Å². The molecule has 0 saturated heterocycles. The molecule has 0 radical (unpaired) electrons. The quantitative estimate of drug-likeness (QED) is 0.242. The fraction of sp³-hybridized carbons (Fsp3) is 0.280. The summed E-state index contributed by atoms with van der Waals surface area (Å²) in [5.41, 5.74) is 2.55. The van der Waals surface area contributed by atoms with Crippen molar-refractivity contribution in [3.8, 4) is 28.6 Å². The third kappa shape index (κ3) is 5.48. The van der Waals surface area contributed by atoms with Crippen molar-refractivity contribution in [1.82, 2.24) is 24.7 Å². The van der Waals surface area contributed by atoms with Crippen molar-refractivity contribution >= 4 is 33.8 Å². The van der Waals surface area contributed by atoms with Gasteiger partial charge in [0.1, 0.15) is 23.3 Å². The van der Waals surface area contributed by atoms with Crippen LogP contribution >= 0.6 is 27.9 Å². The number of ether oxygens (including phenoxy) is 3. The molecule has 9 nitrogen and oxygen atoms in total. The lowest BCUT2D eigenvalue weighted by atomic mass is 10.2. The minimum absolute atomic E-state index is 0.0586. The highest BCUT2D eigenvalue weighted by molar-refractivity contribution is 9.10. The smallest absolute Gasteiger partial charge is 0.239 e. The number of hydrogen-bond donors (Lipinski definition) is 1. The van der Waals surface area contributed by atoms with Crippen molar-refractivity contribution in [2.24, 2.45) is 0 Å². The Kier molecular flexibility index (Phi) is 8.44. The number of aryl methyl sites for hydroxylation is 1. The Labute approximate surface area is 222 Å². The zero-order chi connectivity index (χ0) is 25.7. The summed E-state index contributed by atoms with van der Waals surface area (Å²) in [5.74, 6) is 2.99. The highest BCUT2D eigenvalue weighted by atomic mass is 79.9. The van der Waals surface area contributed by atoms with E-state index in [1.807, 2.05) is 60.9 Å². The third-order valence-electron chi connectivity index (χ3n) is 5.44. The van der Waals surface area contributed by atoms with E-state index in [1.54, 1.807) is 33.7 Å². The van der Waals surface area contributed by atoms with Crippen LogP contribution < -0.4 is 14.2 Å². The van der Waals surface area contributed by atoms with Crippen LogP contribution in [0.25, 0.3) is 17.1 Å². The molecule has 2 atom stereocenters. The maximum atomic E-state index is 5.73. The van der Waals surface area contributed by atoms with E-state index < -0.39 is 0 Å². The summed E-state index contributed by atoms with van der Waals surface area (Å²) in [6.07, 6.45) is 3.24. The van der Waals surface area contributed by atoms with Gasteiger partial charge in [0.05, 0.1) is 19.5 Å². The van der Waals surface area contributed by atoms with E-state index in [0.717, 1.165) is 15.6 Å².